The van der Waals surface area contributed by atoms with Gasteiger partial charge in [0, 0.05) is 6.42 Å². The molecule has 0 aromatic rings. The summed E-state index contributed by atoms with van der Waals surface area (Å²) in [4.78, 5) is 0. The number of hydrogen-bond acceptors (Lipinski definition) is 7. The summed E-state index contributed by atoms with van der Waals surface area (Å²) in [6, 6.07) is 0. The molecular weight excluding hydrogens is 340 g/mol. The van der Waals surface area contributed by atoms with Crippen molar-refractivity contribution < 1.29 is 35.0 Å². The third kappa shape index (κ3) is 7.46. The van der Waals surface area contributed by atoms with Crippen LogP contribution in [0.5, 0.6) is 0 Å². The lowest BCUT2D eigenvalue weighted by Crippen LogP contribution is -2.59. The van der Waals surface area contributed by atoms with E-state index in [2.05, 4.69) is 47.4 Å². The van der Waals surface area contributed by atoms with Crippen molar-refractivity contribution in [3.05, 3.63) is 0 Å². The van der Waals surface area contributed by atoms with Crippen molar-refractivity contribution in [2.45, 2.75) is 63.2 Å². The molecule has 1 aliphatic rings. The zero-order chi connectivity index (χ0) is 19.4. The van der Waals surface area contributed by atoms with Gasteiger partial charge in [0.05, 0.1) is 6.61 Å². The number of aliphatic hydroxyl groups is 5. The van der Waals surface area contributed by atoms with Gasteiger partial charge >= 0.3 is 0 Å². The Bertz CT molecular complexity index is 672. The number of unbranched alkanes of at least 4 members (excludes halogenated alkanes) is 1. The maximum Gasteiger partial charge on any atom is 0.189 e. The summed E-state index contributed by atoms with van der Waals surface area (Å²) in [5.74, 6) is 20.7. The average Bonchev–Trinajstić information content (AvgIpc) is 2.63. The second-order valence-corrected chi connectivity index (χ2v) is 5.36. The summed E-state index contributed by atoms with van der Waals surface area (Å²) in [6.07, 6.45) is -7.09. The monoisotopic (exact) mass is 362 g/mol. The standard InChI is InChI=1S/C19H22O7/c1-2-3-4-5-6-7-8-9-10-11-12-15(21)26-19-18(24)17(23)16(22)14(13-20)25-19/h14-24H,10-13H2,1H3/t14-,15?,16-,17+,18+,19?/m1/s1. The van der Waals surface area contributed by atoms with Crippen molar-refractivity contribution in [1.82, 2.24) is 0 Å². The molecule has 26 heavy (non-hydrogen) atoms. The van der Waals surface area contributed by atoms with Gasteiger partial charge in [-0.1, -0.05) is 11.8 Å². The van der Waals surface area contributed by atoms with E-state index in [1.54, 1.807) is 6.92 Å². The van der Waals surface area contributed by atoms with Crippen LogP contribution in [0.25, 0.3) is 0 Å². The van der Waals surface area contributed by atoms with Crippen LogP contribution in [0, 0.1) is 47.4 Å². The highest BCUT2D eigenvalue weighted by Gasteiger charge is 2.44. The molecule has 0 bridgehead atoms. The van der Waals surface area contributed by atoms with Crippen LogP contribution in [0.2, 0.25) is 0 Å². The Labute approximate surface area is 152 Å². The smallest absolute Gasteiger partial charge is 0.189 e. The predicted octanol–water partition coefficient (Wildman–Crippen LogP) is -1.67. The van der Waals surface area contributed by atoms with Crippen LogP contribution in [0.1, 0.15) is 26.2 Å². The average molecular weight is 362 g/mol. The van der Waals surface area contributed by atoms with Crippen molar-refractivity contribution in [2.75, 3.05) is 6.61 Å². The van der Waals surface area contributed by atoms with Gasteiger partial charge in [-0.2, -0.15) is 0 Å². The lowest BCUT2D eigenvalue weighted by Gasteiger charge is -2.40. The maximum absolute atomic E-state index is 9.83. The van der Waals surface area contributed by atoms with Gasteiger partial charge in [0.1, 0.15) is 24.4 Å². The van der Waals surface area contributed by atoms with Crippen LogP contribution in [0.4, 0.5) is 0 Å². The highest BCUT2D eigenvalue weighted by molar-refractivity contribution is 5.39. The minimum absolute atomic E-state index is 0.211. The second kappa shape index (κ2) is 12.3. The van der Waals surface area contributed by atoms with Crippen LogP contribution in [-0.4, -0.2) is 69.1 Å². The van der Waals surface area contributed by atoms with E-state index in [0.717, 1.165) is 0 Å². The van der Waals surface area contributed by atoms with Gasteiger partial charge in [-0.05, 0) is 55.3 Å². The van der Waals surface area contributed by atoms with Gasteiger partial charge in [-0.3, -0.25) is 0 Å². The molecule has 5 N–H and O–H groups in total. The Morgan fingerprint density at radius 1 is 0.962 bits per heavy atom. The van der Waals surface area contributed by atoms with E-state index < -0.39 is 43.6 Å². The van der Waals surface area contributed by atoms with Crippen LogP contribution in [-0.2, 0) is 9.47 Å². The van der Waals surface area contributed by atoms with E-state index in [1.165, 1.54) is 0 Å². The van der Waals surface area contributed by atoms with Crippen molar-refractivity contribution in [3.63, 3.8) is 0 Å². The lowest BCUT2D eigenvalue weighted by atomic mass is 9.99. The van der Waals surface area contributed by atoms with Crippen molar-refractivity contribution in [3.8, 4) is 47.4 Å². The number of ether oxygens (including phenoxy) is 2. The molecule has 1 aliphatic heterocycles. The Hall–Kier alpha value is -2.04. The summed E-state index contributed by atoms with van der Waals surface area (Å²) < 4.78 is 10.3. The van der Waals surface area contributed by atoms with E-state index >= 15 is 0 Å². The molecule has 1 saturated heterocycles. The largest absolute Gasteiger partial charge is 0.394 e. The van der Waals surface area contributed by atoms with E-state index in [1.807, 2.05) is 0 Å². The Kier molecular flexibility index (Phi) is 10.4. The summed E-state index contributed by atoms with van der Waals surface area (Å²) in [7, 11) is 0. The first-order chi connectivity index (χ1) is 12.5. The van der Waals surface area contributed by atoms with Crippen molar-refractivity contribution in [1.29, 1.82) is 0 Å². The minimum atomic E-state index is -1.55. The predicted molar refractivity (Wildman–Crippen MR) is 91.5 cm³/mol. The van der Waals surface area contributed by atoms with Gasteiger partial charge in [0.2, 0.25) is 0 Å². The highest BCUT2D eigenvalue weighted by atomic mass is 16.7. The van der Waals surface area contributed by atoms with E-state index in [-0.39, 0.29) is 6.42 Å². The molecule has 6 atom stereocenters. The Balaban J connectivity index is 2.35. The van der Waals surface area contributed by atoms with Crippen LogP contribution < -0.4 is 0 Å². The van der Waals surface area contributed by atoms with E-state index in [0.29, 0.717) is 12.8 Å². The molecule has 2 unspecified atom stereocenters. The lowest BCUT2D eigenvalue weighted by molar-refractivity contribution is -0.332. The van der Waals surface area contributed by atoms with Crippen molar-refractivity contribution >= 4 is 0 Å². The molecule has 1 heterocycles. The first-order valence-electron chi connectivity index (χ1n) is 8.05. The summed E-state index contributed by atoms with van der Waals surface area (Å²) in [5.41, 5.74) is 0. The van der Waals surface area contributed by atoms with Gasteiger partial charge in [-0.25, -0.2) is 0 Å². The van der Waals surface area contributed by atoms with Gasteiger partial charge < -0.3 is 35.0 Å². The molecule has 1 rings (SSSR count). The number of hydrogen-bond donors (Lipinski definition) is 5. The summed E-state index contributed by atoms with van der Waals surface area (Å²) in [5, 5.41) is 48.0. The fraction of sp³-hybridized carbons (Fsp3) is 0.579. The molecule has 0 aliphatic carbocycles. The zero-order valence-corrected chi connectivity index (χ0v) is 14.3. The Morgan fingerprint density at radius 3 is 2.27 bits per heavy atom. The van der Waals surface area contributed by atoms with Crippen LogP contribution in [0.3, 0.4) is 0 Å². The SMILES string of the molecule is CC#CC#CC#CC#CCCCC(O)OC1O[C@H](CO)[C@@H](O)[C@H](O)[C@@H]1O. The molecule has 0 aromatic carbocycles. The fourth-order valence-electron chi connectivity index (χ4n) is 2.06. The summed E-state index contributed by atoms with van der Waals surface area (Å²) in [6.45, 7) is 1.12. The molecule has 0 spiro atoms. The second-order valence-electron chi connectivity index (χ2n) is 5.36. The molecule has 140 valence electrons. The van der Waals surface area contributed by atoms with E-state index in [9.17, 15) is 20.4 Å². The minimum Gasteiger partial charge on any atom is -0.394 e. The first kappa shape index (κ1) is 22.0. The Morgan fingerprint density at radius 2 is 1.62 bits per heavy atom. The number of aliphatic hydroxyl groups excluding tert-OH is 5. The zero-order valence-electron chi connectivity index (χ0n) is 14.3. The van der Waals surface area contributed by atoms with Gasteiger partial charge in [0.25, 0.3) is 0 Å². The molecule has 7 heteroatoms. The molecule has 7 nitrogen and oxygen atoms in total. The summed E-state index contributed by atoms with van der Waals surface area (Å²) >= 11 is 0. The van der Waals surface area contributed by atoms with Crippen LogP contribution >= 0.6 is 0 Å². The molecule has 0 aromatic heterocycles. The first-order valence-corrected chi connectivity index (χ1v) is 8.05. The highest BCUT2D eigenvalue weighted by Crippen LogP contribution is 2.23. The van der Waals surface area contributed by atoms with E-state index in [4.69, 9.17) is 14.6 Å². The quantitative estimate of drug-likeness (QED) is 0.218. The molecule has 0 amide bonds. The molecule has 0 saturated carbocycles. The topological polar surface area (TPSA) is 120 Å². The van der Waals surface area contributed by atoms with Crippen molar-refractivity contribution in [2.24, 2.45) is 0 Å². The third-order valence-corrected chi connectivity index (χ3v) is 3.42. The molecule has 1 fully saturated rings. The number of rotatable bonds is 6. The normalized spacial score (nSPS) is 28.0. The van der Waals surface area contributed by atoms with Crippen LogP contribution in [0.15, 0.2) is 0 Å². The maximum atomic E-state index is 9.83. The van der Waals surface area contributed by atoms with Gasteiger partial charge in [0.15, 0.2) is 12.6 Å². The van der Waals surface area contributed by atoms with Gasteiger partial charge in [-0.15, -0.1) is 0 Å². The molecule has 0 radical (unpaired) electrons. The third-order valence-electron chi connectivity index (χ3n) is 3.42. The molecular formula is C19H22O7. The fourth-order valence-corrected chi connectivity index (χ4v) is 2.06.